The van der Waals surface area contributed by atoms with Crippen molar-refractivity contribution in [1.29, 1.82) is 0 Å². The summed E-state index contributed by atoms with van der Waals surface area (Å²) in [5, 5.41) is 10.3. The Morgan fingerprint density at radius 3 is 2.63 bits per heavy atom. The van der Waals surface area contributed by atoms with Gasteiger partial charge in [-0.3, -0.25) is 39.1 Å². The van der Waals surface area contributed by atoms with Crippen LogP contribution in [0.4, 0.5) is 11.4 Å². The molecule has 2 bridgehead atoms. The normalized spacial score (nSPS) is 26.0. The van der Waals surface area contributed by atoms with E-state index in [-0.39, 0.29) is 29.9 Å². The van der Waals surface area contributed by atoms with Crippen molar-refractivity contribution >= 4 is 46.0 Å². The lowest BCUT2D eigenvalue weighted by Gasteiger charge is -2.35. The van der Waals surface area contributed by atoms with Gasteiger partial charge in [-0.05, 0) is 80.8 Å². The van der Waals surface area contributed by atoms with Gasteiger partial charge in [-0.2, -0.15) is 5.10 Å². The van der Waals surface area contributed by atoms with E-state index >= 15 is 0 Å². The maximum Gasteiger partial charge on any atom is 0.262 e. The SMILES string of the molecule is O=C1CCC(N2C(=O)c3ccc(NCCC[C@H]4C[C@H](n5cc(-c6cnc7ccc(N8C[C@H]9C[C@@H]8CO9)cc7n6)cn5)C4)cc3C2=O)C(=O)N1. The average Bonchev–Trinajstić information content (AvgIpc) is 3.89. The van der Waals surface area contributed by atoms with Crippen molar-refractivity contribution in [3.8, 4) is 11.3 Å². The second-order valence-corrected chi connectivity index (χ2v) is 13.9. The van der Waals surface area contributed by atoms with Gasteiger partial charge in [-0.1, -0.05) is 0 Å². The number of piperidine rings is 1. The molecule has 4 aliphatic heterocycles. The van der Waals surface area contributed by atoms with Gasteiger partial charge in [0.05, 0.1) is 65.0 Å². The Morgan fingerprint density at radius 2 is 1.82 bits per heavy atom. The molecular weight excluding hydrogens is 624 g/mol. The summed E-state index contributed by atoms with van der Waals surface area (Å²) >= 11 is 0. The molecule has 6 heterocycles. The first-order chi connectivity index (χ1) is 23.9. The number of ether oxygens (including phenoxy) is 1. The van der Waals surface area contributed by atoms with E-state index in [1.807, 2.05) is 12.4 Å². The highest BCUT2D eigenvalue weighted by atomic mass is 16.5. The minimum absolute atomic E-state index is 0.0966. The van der Waals surface area contributed by atoms with Crippen LogP contribution in [-0.2, 0) is 14.3 Å². The van der Waals surface area contributed by atoms with Crippen LogP contribution in [0.15, 0.2) is 55.0 Å². The van der Waals surface area contributed by atoms with Crippen molar-refractivity contribution in [2.24, 2.45) is 5.92 Å². The number of nitrogens with zero attached hydrogens (tertiary/aromatic N) is 6. The third-order valence-corrected chi connectivity index (χ3v) is 10.8. The third-order valence-electron chi connectivity index (χ3n) is 10.8. The lowest BCUT2D eigenvalue weighted by atomic mass is 9.77. The minimum Gasteiger partial charge on any atom is -0.385 e. The van der Waals surface area contributed by atoms with Crippen LogP contribution < -0.4 is 15.5 Å². The molecule has 4 amide bonds. The van der Waals surface area contributed by atoms with Crippen LogP contribution in [0.5, 0.6) is 0 Å². The number of carbonyl (C=O) groups excluding carboxylic acids is 4. The first-order valence-electron chi connectivity index (χ1n) is 17.2. The summed E-state index contributed by atoms with van der Waals surface area (Å²) in [4.78, 5) is 63.0. The highest BCUT2D eigenvalue weighted by Gasteiger charge is 2.45. The number of morpholine rings is 1. The quantitative estimate of drug-likeness (QED) is 0.201. The molecule has 4 fully saturated rings. The topological polar surface area (TPSA) is 152 Å². The molecule has 13 heteroatoms. The summed E-state index contributed by atoms with van der Waals surface area (Å²) in [7, 11) is 0. The van der Waals surface area contributed by atoms with Crippen LogP contribution in [-0.4, -0.2) is 86.2 Å². The molecule has 49 heavy (non-hydrogen) atoms. The number of aromatic nitrogens is 4. The van der Waals surface area contributed by atoms with Gasteiger partial charge in [0.2, 0.25) is 11.8 Å². The van der Waals surface area contributed by atoms with Crippen molar-refractivity contribution in [3.63, 3.8) is 0 Å². The van der Waals surface area contributed by atoms with Crippen LogP contribution in [0.2, 0.25) is 0 Å². The molecule has 2 aromatic carbocycles. The summed E-state index contributed by atoms with van der Waals surface area (Å²) in [5.41, 5.74) is 6.06. The molecule has 2 N–H and O–H groups in total. The number of rotatable bonds is 9. The third kappa shape index (κ3) is 5.32. The largest absolute Gasteiger partial charge is 0.385 e. The number of carbonyl (C=O) groups is 4. The lowest BCUT2D eigenvalue weighted by molar-refractivity contribution is -0.136. The molecule has 9 rings (SSSR count). The zero-order valence-corrected chi connectivity index (χ0v) is 26.9. The van der Waals surface area contributed by atoms with Gasteiger partial charge in [-0.15, -0.1) is 0 Å². The van der Waals surface area contributed by atoms with E-state index in [0.717, 1.165) is 84.7 Å². The van der Waals surface area contributed by atoms with Gasteiger partial charge >= 0.3 is 0 Å². The number of hydrogen-bond donors (Lipinski definition) is 2. The second-order valence-electron chi connectivity index (χ2n) is 13.9. The predicted molar refractivity (Wildman–Crippen MR) is 179 cm³/mol. The fraction of sp³-hybridized carbons (Fsp3) is 0.417. The zero-order chi connectivity index (χ0) is 33.2. The molecular formula is C36H36N8O5. The molecule has 0 spiro atoms. The van der Waals surface area contributed by atoms with Crippen molar-refractivity contribution < 1.29 is 23.9 Å². The number of benzene rings is 2. The van der Waals surface area contributed by atoms with E-state index in [4.69, 9.17) is 9.72 Å². The average molecular weight is 661 g/mol. The number of fused-ring (bicyclic) bond motifs is 4. The molecule has 0 radical (unpaired) electrons. The fourth-order valence-corrected chi connectivity index (χ4v) is 8.06. The van der Waals surface area contributed by atoms with E-state index in [1.165, 1.54) is 5.69 Å². The summed E-state index contributed by atoms with van der Waals surface area (Å²) in [6.45, 7) is 2.47. The first kappa shape index (κ1) is 29.9. The van der Waals surface area contributed by atoms with Crippen molar-refractivity contribution in [2.75, 3.05) is 29.9 Å². The van der Waals surface area contributed by atoms with Gasteiger partial charge in [0.15, 0.2) is 0 Å². The Hall–Kier alpha value is -5.17. The molecule has 5 aliphatic rings. The van der Waals surface area contributed by atoms with Gasteiger partial charge < -0.3 is 15.0 Å². The Kier molecular flexibility index (Phi) is 7.18. The van der Waals surface area contributed by atoms with Gasteiger partial charge in [0.25, 0.3) is 11.8 Å². The van der Waals surface area contributed by atoms with Gasteiger partial charge in [0.1, 0.15) is 6.04 Å². The molecule has 13 nitrogen and oxygen atoms in total. The first-order valence-corrected chi connectivity index (χ1v) is 17.2. The molecule has 4 aromatic rings. The van der Waals surface area contributed by atoms with Crippen LogP contribution in [0.25, 0.3) is 22.3 Å². The standard InChI is InChI=1S/C36H36N8O5/c45-33-8-7-32(34(46)41-33)44-35(47)27-5-3-22(12-28(27)36(44)48)37-9-1-2-20-10-24(11-20)43-17-21(15-39-43)31-16-38-29-6-4-23(14-30(29)40-31)42-18-26-13-25(42)19-49-26/h3-6,12,14-17,20,24-26,32,37H,1-2,7-11,13,18-19H2,(H,41,45,46)/t20-,24-,25-,26-,32?/m1/s1. The molecule has 3 atom stereocenters. The highest BCUT2D eigenvalue weighted by molar-refractivity contribution is 6.23. The molecule has 250 valence electrons. The summed E-state index contributed by atoms with van der Waals surface area (Å²) in [6, 6.07) is 11.3. The number of hydrogen-bond acceptors (Lipinski definition) is 10. The van der Waals surface area contributed by atoms with Crippen LogP contribution in [0.3, 0.4) is 0 Å². The Labute approximate surface area is 282 Å². The zero-order valence-electron chi connectivity index (χ0n) is 26.9. The number of amides is 4. The molecule has 2 aromatic heterocycles. The minimum atomic E-state index is -0.965. The summed E-state index contributed by atoms with van der Waals surface area (Å²) in [6.07, 6.45) is 11.7. The Balaban J connectivity index is 0.764. The number of nitrogens with one attached hydrogen (secondary N) is 2. The van der Waals surface area contributed by atoms with Crippen LogP contribution in [0.1, 0.15) is 71.7 Å². The maximum atomic E-state index is 13.1. The summed E-state index contributed by atoms with van der Waals surface area (Å²) < 4.78 is 7.84. The lowest BCUT2D eigenvalue weighted by Crippen LogP contribution is -2.54. The Bertz CT molecular complexity index is 2020. The summed E-state index contributed by atoms with van der Waals surface area (Å²) in [5.74, 6) is -1.38. The van der Waals surface area contributed by atoms with Crippen LogP contribution in [0, 0.1) is 5.92 Å². The molecule has 1 unspecified atom stereocenters. The van der Waals surface area contributed by atoms with Crippen molar-refractivity contribution in [2.45, 2.75) is 69.2 Å². The monoisotopic (exact) mass is 660 g/mol. The maximum absolute atomic E-state index is 13.1. The fourth-order valence-electron chi connectivity index (χ4n) is 8.06. The Morgan fingerprint density at radius 1 is 0.939 bits per heavy atom. The van der Waals surface area contributed by atoms with Gasteiger partial charge in [0, 0.05) is 42.6 Å². The van der Waals surface area contributed by atoms with Crippen molar-refractivity contribution in [1.82, 2.24) is 30.0 Å². The van der Waals surface area contributed by atoms with E-state index in [0.29, 0.717) is 24.1 Å². The predicted octanol–water partition coefficient (Wildman–Crippen LogP) is 3.72. The van der Waals surface area contributed by atoms with E-state index in [9.17, 15) is 19.2 Å². The van der Waals surface area contributed by atoms with E-state index in [1.54, 1.807) is 18.2 Å². The van der Waals surface area contributed by atoms with Crippen molar-refractivity contribution in [3.05, 3.63) is 66.1 Å². The number of anilines is 2. The number of imide groups is 2. The molecule has 1 saturated carbocycles. The second kappa shape index (κ2) is 11.8. The van der Waals surface area contributed by atoms with E-state index in [2.05, 4.69) is 54.7 Å². The molecule has 1 aliphatic carbocycles. The molecule has 3 saturated heterocycles. The highest BCUT2D eigenvalue weighted by Crippen LogP contribution is 2.41. The van der Waals surface area contributed by atoms with E-state index < -0.39 is 23.8 Å². The van der Waals surface area contributed by atoms with Gasteiger partial charge in [-0.25, -0.2) is 4.98 Å². The van der Waals surface area contributed by atoms with Crippen LogP contribution >= 0.6 is 0 Å². The smallest absolute Gasteiger partial charge is 0.262 e.